The van der Waals surface area contributed by atoms with Crippen LogP contribution in [0.15, 0.2) is 10.8 Å². The molecule has 1 aliphatic rings. The lowest BCUT2D eigenvalue weighted by molar-refractivity contribution is -0.131. The van der Waals surface area contributed by atoms with Gasteiger partial charge in [0.15, 0.2) is 0 Å². The Labute approximate surface area is 126 Å². The maximum atomic E-state index is 12.7. The fourth-order valence-electron chi connectivity index (χ4n) is 2.78. The van der Waals surface area contributed by atoms with Gasteiger partial charge >= 0.3 is 0 Å². The molecule has 0 bridgehead atoms. The van der Waals surface area contributed by atoms with E-state index < -0.39 is 0 Å². The van der Waals surface area contributed by atoms with Gasteiger partial charge in [0.2, 0.25) is 5.91 Å². The van der Waals surface area contributed by atoms with Crippen molar-refractivity contribution in [1.29, 1.82) is 0 Å². The molecule has 0 radical (unpaired) electrons. The van der Waals surface area contributed by atoms with Gasteiger partial charge in [0.05, 0.1) is 12.2 Å². The van der Waals surface area contributed by atoms with Crippen LogP contribution in [0, 0.1) is 12.8 Å². The molecule has 20 heavy (non-hydrogen) atoms. The Morgan fingerprint density at radius 1 is 1.40 bits per heavy atom. The quantitative estimate of drug-likeness (QED) is 0.870. The van der Waals surface area contributed by atoms with Crippen LogP contribution in [0.25, 0.3) is 0 Å². The van der Waals surface area contributed by atoms with Gasteiger partial charge in [0.1, 0.15) is 0 Å². The first-order valence-electron chi connectivity index (χ1n) is 7.66. The maximum absolute atomic E-state index is 12.7. The summed E-state index contributed by atoms with van der Waals surface area (Å²) in [7, 11) is 0. The highest BCUT2D eigenvalue weighted by Gasteiger charge is 2.40. The van der Waals surface area contributed by atoms with E-state index in [0.29, 0.717) is 5.92 Å². The summed E-state index contributed by atoms with van der Waals surface area (Å²) in [6.45, 7) is 9.37. The normalized spacial score (nSPS) is 24.4. The second-order valence-electron chi connectivity index (χ2n) is 5.88. The van der Waals surface area contributed by atoms with Crippen molar-refractivity contribution < 1.29 is 4.79 Å². The summed E-state index contributed by atoms with van der Waals surface area (Å²) in [5.74, 6) is 0.679. The number of hydrogen-bond donors (Lipinski definition) is 1. The number of hydrogen-bond acceptors (Lipinski definition) is 3. The van der Waals surface area contributed by atoms with Crippen molar-refractivity contribution in [2.75, 3.05) is 0 Å². The molecule has 0 aliphatic carbocycles. The predicted molar refractivity (Wildman–Crippen MR) is 84.7 cm³/mol. The molecule has 3 unspecified atom stereocenters. The standard InChI is InChI=1S/C16H26N2OS/c1-5-7-14-17-15(11(3)6-2)16(19)18(14)8-13-10-20-9-12(13)4/h9-11,14-15,17H,5-8H2,1-4H3. The van der Waals surface area contributed by atoms with E-state index in [4.69, 9.17) is 0 Å². The van der Waals surface area contributed by atoms with Gasteiger partial charge in [0.25, 0.3) is 0 Å². The molecule has 3 atom stereocenters. The highest BCUT2D eigenvalue weighted by molar-refractivity contribution is 7.08. The zero-order valence-corrected chi connectivity index (χ0v) is 13.8. The average Bonchev–Trinajstić information content (AvgIpc) is 2.97. The van der Waals surface area contributed by atoms with E-state index >= 15 is 0 Å². The largest absolute Gasteiger partial charge is 0.321 e. The molecule has 1 aliphatic heterocycles. The molecule has 0 spiro atoms. The molecule has 4 heteroatoms. The lowest BCUT2D eigenvalue weighted by Gasteiger charge is -2.23. The molecule has 1 saturated heterocycles. The minimum atomic E-state index is -0.00417. The number of amides is 1. The number of nitrogens with one attached hydrogen (secondary N) is 1. The molecular weight excluding hydrogens is 268 g/mol. The molecule has 1 aromatic heterocycles. The van der Waals surface area contributed by atoms with E-state index in [1.165, 1.54) is 11.1 Å². The molecule has 0 saturated carbocycles. The number of carbonyl (C=O) groups excluding carboxylic acids is 1. The molecule has 112 valence electrons. The maximum Gasteiger partial charge on any atom is 0.241 e. The van der Waals surface area contributed by atoms with Gasteiger partial charge in [-0.2, -0.15) is 11.3 Å². The monoisotopic (exact) mass is 294 g/mol. The van der Waals surface area contributed by atoms with Crippen LogP contribution >= 0.6 is 11.3 Å². The van der Waals surface area contributed by atoms with Crippen LogP contribution in [0.2, 0.25) is 0 Å². The summed E-state index contributed by atoms with van der Waals surface area (Å²) in [6.07, 6.45) is 3.36. The van der Waals surface area contributed by atoms with Crippen LogP contribution in [0.1, 0.15) is 51.2 Å². The highest BCUT2D eigenvalue weighted by atomic mass is 32.1. The van der Waals surface area contributed by atoms with E-state index in [1.807, 2.05) is 0 Å². The van der Waals surface area contributed by atoms with E-state index in [2.05, 4.69) is 48.7 Å². The Bertz CT molecular complexity index is 457. The van der Waals surface area contributed by atoms with Crippen LogP contribution < -0.4 is 5.32 Å². The number of thiophene rings is 1. The minimum absolute atomic E-state index is 0.00417. The SMILES string of the molecule is CCCC1NC(C(C)CC)C(=O)N1Cc1cscc1C. The Balaban J connectivity index is 2.15. The number of rotatable bonds is 6. The third kappa shape index (κ3) is 3.07. The summed E-state index contributed by atoms with van der Waals surface area (Å²) in [6, 6.07) is -0.00417. The minimum Gasteiger partial charge on any atom is -0.321 e. The van der Waals surface area contributed by atoms with Crippen LogP contribution in [-0.4, -0.2) is 23.0 Å². The van der Waals surface area contributed by atoms with Crippen molar-refractivity contribution in [2.45, 2.75) is 65.7 Å². The van der Waals surface area contributed by atoms with Crippen molar-refractivity contribution in [2.24, 2.45) is 5.92 Å². The van der Waals surface area contributed by atoms with Crippen LogP contribution in [0.5, 0.6) is 0 Å². The first-order chi connectivity index (χ1) is 9.58. The number of nitrogens with zero attached hydrogens (tertiary/aromatic N) is 1. The van der Waals surface area contributed by atoms with Crippen LogP contribution in [0.4, 0.5) is 0 Å². The zero-order valence-electron chi connectivity index (χ0n) is 13.0. The second-order valence-corrected chi connectivity index (χ2v) is 6.62. The highest BCUT2D eigenvalue weighted by Crippen LogP contribution is 2.25. The van der Waals surface area contributed by atoms with E-state index in [-0.39, 0.29) is 18.1 Å². The van der Waals surface area contributed by atoms with E-state index in [9.17, 15) is 4.79 Å². The van der Waals surface area contributed by atoms with Gasteiger partial charge in [0, 0.05) is 6.54 Å². The molecule has 1 fully saturated rings. The van der Waals surface area contributed by atoms with Gasteiger partial charge in [-0.25, -0.2) is 0 Å². The molecule has 2 heterocycles. The van der Waals surface area contributed by atoms with Crippen molar-refractivity contribution in [1.82, 2.24) is 10.2 Å². The lowest BCUT2D eigenvalue weighted by Crippen LogP contribution is -2.37. The Morgan fingerprint density at radius 2 is 2.15 bits per heavy atom. The first-order valence-corrected chi connectivity index (χ1v) is 8.60. The Hall–Kier alpha value is -0.870. The van der Waals surface area contributed by atoms with Crippen molar-refractivity contribution in [3.8, 4) is 0 Å². The third-order valence-electron chi connectivity index (χ3n) is 4.37. The molecule has 2 rings (SSSR count). The van der Waals surface area contributed by atoms with Gasteiger partial charge in [-0.3, -0.25) is 10.1 Å². The summed E-state index contributed by atoms with van der Waals surface area (Å²) in [4.78, 5) is 14.7. The average molecular weight is 294 g/mol. The summed E-state index contributed by atoms with van der Waals surface area (Å²) < 4.78 is 0. The Kier molecular flexibility index (Phi) is 5.22. The zero-order chi connectivity index (χ0) is 14.7. The molecule has 3 nitrogen and oxygen atoms in total. The first kappa shape index (κ1) is 15.5. The summed E-state index contributed by atoms with van der Waals surface area (Å²) in [5, 5.41) is 7.88. The molecular formula is C16H26N2OS. The van der Waals surface area contributed by atoms with Crippen LogP contribution in [-0.2, 0) is 11.3 Å². The van der Waals surface area contributed by atoms with Crippen LogP contribution in [0.3, 0.4) is 0 Å². The van der Waals surface area contributed by atoms with E-state index in [0.717, 1.165) is 25.8 Å². The molecule has 1 N–H and O–H groups in total. The van der Waals surface area contributed by atoms with Gasteiger partial charge < -0.3 is 4.90 Å². The fourth-order valence-corrected chi connectivity index (χ4v) is 3.63. The molecule has 0 aromatic carbocycles. The molecule has 1 aromatic rings. The van der Waals surface area contributed by atoms with Crippen molar-refractivity contribution >= 4 is 17.2 Å². The summed E-state index contributed by atoms with van der Waals surface area (Å²) in [5.41, 5.74) is 2.58. The van der Waals surface area contributed by atoms with Gasteiger partial charge in [-0.05, 0) is 41.1 Å². The number of aryl methyl sites for hydroxylation is 1. The van der Waals surface area contributed by atoms with Gasteiger partial charge in [-0.15, -0.1) is 0 Å². The third-order valence-corrected chi connectivity index (χ3v) is 5.28. The van der Waals surface area contributed by atoms with Crippen molar-refractivity contribution in [3.05, 3.63) is 21.9 Å². The fraction of sp³-hybridized carbons (Fsp3) is 0.688. The lowest BCUT2D eigenvalue weighted by atomic mass is 9.99. The smallest absolute Gasteiger partial charge is 0.241 e. The topological polar surface area (TPSA) is 32.3 Å². The number of carbonyl (C=O) groups is 1. The second kappa shape index (κ2) is 6.72. The van der Waals surface area contributed by atoms with Gasteiger partial charge in [-0.1, -0.05) is 33.6 Å². The van der Waals surface area contributed by atoms with E-state index in [1.54, 1.807) is 11.3 Å². The summed E-state index contributed by atoms with van der Waals surface area (Å²) >= 11 is 1.72. The Morgan fingerprint density at radius 3 is 2.70 bits per heavy atom. The van der Waals surface area contributed by atoms with Crippen molar-refractivity contribution in [3.63, 3.8) is 0 Å². The molecule has 1 amide bonds. The predicted octanol–water partition coefficient (Wildman–Crippen LogP) is 3.53.